The van der Waals surface area contributed by atoms with Gasteiger partial charge in [0.25, 0.3) is 0 Å². The Labute approximate surface area is 146 Å². The zero-order valence-electron chi connectivity index (χ0n) is 14.0. The lowest BCUT2D eigenvalue weighted by Crippen LogP contribution is -2.59. The number of rotatable bonds is 2. The number of nitrogens with zero attached hydrogens (tertiary/aromatic N) is 4. The molecule has 0 saturated carbocycles. The van der Waals surface area contributed by atoms with Crippen LogP contribution in [0.25, 0.3) is 11.0 Å². The Morgan fingerprint density at radius 3 is 2.88 bits per heavy atom. The zero-order valence-corrected chi connectivity index (χ0v) is 14.0. The summed E-state index contributed by atoms with van der Waals surface area (Å²) in [6.07, 6.45) is 3.57. The first-order valence-electron chi connectivity index (χ1n) is 8.81. The van der Waals surface area contributed by atoms with Crippen LogP contribution in [0, 0.1) is 0 Å². The first-order chi connectivity index (χ1) is 12.4. The molecule has 25 heavy (non-hydrogen) atoms. The molecule has 2 atom stereocenters. The predicted octanol–water partition coefficient (Wildman–Crippen LogP) is 2.22. The van der Waals surface area contributed by atoms with E-state index in [9.17, 15) is 0 Å². The number of nitrogens with one attached hydrogen (secondary N) is 1. The van der Waals surface area contributed by atoms with Gasteiger partial charge in [-0.1, -0.05) is 30.3 Å². The Bertz CT molecular complexity index is 864. The summed E-state index contributed by atoms with van der Waals surface area (Å²) in [5.41, 5.74) is 2.24. The van der Waals surface area contributed by atoms with Gasteiger partial charge in [0.1, 0.15) is 17.8 Å². The normalized spacial score (nSPS) is 24.4. The molecule has 3 aromatic rings. The van der Waals surface area contributed by atoms with E-state index in [-0.39, 0.29) is 0 Å². The van der Waals surface area contributed by atoms with Crippen LogP contribution < -0.4 is 4.90 Å². The highest BCUT2D eigenvalue weighted by atomic mass is 16.5. The molecule has 2 aromatic heterocycles. The molecule has 2 fully saturated rings. The Balaban J connectivity index is 1.41. The molecule has 6 nitrogen and oxygen atoms in total. The summed E-state index contributed by atoms with van der Waals surface area (Å²) < 4.78 is 5.96. The van der Waals surface area contributed by atoms with Gasteiger partial charge in [-0.3, -0.25) is 4.90 Å². The molecule has 1 aromatic carbocycles. The smallest absolute Gasteiger partial charge is 0.142 e. The van der Waals surface area contributed by atoms with Crippen molar-refractivity contribution in [1.29, 1.82) is 0 Å². The number of piperazine rings is 1. The maximum absolute atomic E-state index is 5.96. The molecule has 0 aliphatic carbocycles. The highest BCUT2D eigenvalue weighted by Crippen LogP contribution is 2.32. The number of fused-ring (bicyclic) bond motifs is 2. The van der Waals surface area contributed by atoms with E-state index >= 15 is 0 Å². The summed E-state index contributed by atoms with van der Waals surface area (Å²) in [4.78, 5) is 17.0. The second-order valence-electron chi connectivity index (χ2n) is 6.74. The lowest BCUT2D eigenvalue weighted by Gasteiger charge is -2.48. The second-order valence-corrected chi connectivity index (χ2v) is 6.74. The molecular formula is C19H21N5O. The number of hydrogen-bond acceptors (Lipinski definition) is 5. The monoisotopic (exact) mass is 335 g/mol. The molecular weight excluding hydrogens is 314 g/mol. The van der Waals surface area contributed by atoms with Crippen LogP contribution in [-0.2, 0) is 4.74 Å². The van der Waals surface area contributed by atoms with Gasteiger partial charge < -0.3 is 14.6 Å². The molecule has 0 unspecified atom stereocenters. The third-order valence-electron chi connectivity index (χ3n) is 5.33. The van der Waals surface area contributed by atoms with Crippen molar-refractivity contribution in [3.05, 3.63) is 54.5 Å². The van der Waals surface area contributed by atoms with E-state index in [4.69, 9.17) is 4.74 Å². The van der Waals surface area contributed by atoms with Gasteiger partial charge >= 0.3 is 0 Å². The molecule has 1 N–H and O–H groups in total. The topological polar surface area (TPSA) is 57.3 Å². The maximum Gasteiger partial charge on any atom is 0.142 e. The summed E-state index contributed by atoms with van der Waals surface area (Å²) in [7, 11) is 0. The molecule has 128 valence electrons. The Kier molecular flexibility index (Phi) is 3.64. The summed E-state index contributed by atoms with van der Waals surface area (Å²) in [6, 6.07) is 13.5. The Hall–Kier alpha value is -2.44. The number of morpholine rings is 1. The van der Waals surface area contributed by atoms with Crippen LogP contribution in [0.4, 0.5) is 5.82 Å². The quantitative estimate of drug-likeness (QED) is 0.778. The molecule has 0 radical (unpaired) electrons. The van der Waals surface area contributed by atoms with Crippen molar-refractivity contribution in [2.45, 2.75) is 12.1 Å². The number of ether oxygens (including phenoxy) is 1. The number of hydrogen-bond donors (Lipinski definition) is 1. The molecule has 2 aliphatic heterocycles. The van der Waals surface area contributed by atoms with Crippen molar-refractivity contribution in [3.8, 4) is 0 Å². The minimum atomic E-state index is 0.347. The lowest BCUT2D eigenvalue weighted by molar-refractivity contribution is -0.0547. The number of anilines is 1. The second kappa shape index (κ2) is 6.13. The van der Waals surface area contributed by atoms with Crippen LogP contribution >= 0.6 is 0 Å². The molecule has 2 saturated heterocycles. The van der Waals surface area contributed by atoms with E-state index in [0.717, 1.165) is 49.7 Å². The van der Waals surface area contributed by atoms with E-state index < -0.39 is 0 Å². The number of benzene rings is 1. The SMILES string of the molecule is c1ccc([C@H]2COC[C@H]3CN(c4ncnc5[nH]ccc45)CCN32)cc1. The third-order valence-corrected chi connectivity index (χ3v) is 5.33. The molecule has 4 heterocycles. The van der Waals surface area contributed by atoms with Gasteiger partial charge in [-0.05, 0) is 11.6 Å². The molecule has 6 heteroatoms. The average molecular weight is 335 g/mol. The zero-order chi connectivity index (χ0) is 16.6. The van der Waals surface area contributed by atoms with Crippen LogP contribution in [0.3, 0.4) is 0 Å². The third kappa shape index (κ3) is 2.58. The van der Waals surface area contributed by atoms with E-state index in [1.165, 1.54) is 5.56 Å². The van der Waals surface area contributed by atoms with Crippen molar-refractivity contribution in [1.82, 2.24) is 19.9 Å². The van der Waals surface area contributed by atoms with Gasteiger partial charge in [0.05, 0.1) is 30.7 Å². The maximum atomic E-state index is 5.96. The fourth-order valence-corrected chi connectivity index (χ4v) is 4.11. The van der Waals surface area contributed by atoms with Crippen molar-refractivity contribution in [2.75, 3.05) is 37.7 Å². The molecule has 5 rings (SSSR count). The molecule has 0 amide bonds. The van der Waals surface area contributed by atoms with Crippen LogP contribution in [0.5, 0.6) is 0 Å². The van der Waals surface area contributed by atoms with Crippen LogP contribution in [0.2, 0.25) is 0 Å². The van der Waals surface area contributed by atoms with Crippen LogP contribution in [0.15, 0.2) is 48.9 Å². The summed E-state index contributed by atoms with van der Waals surface area (Å²) in [6.45, 7) is 4.47. The molecule has 0 bridgehead atoms. The van der Waals surface area contributed by atoms with Gasteiger partial charge in [-0.25, -0.2) is 9.97 Å². The fourth-order valence-electron chi connectivity index (χ4n) is 4.11. The average Bonchev–Trinajstić information content (AvgIpc) is 3.16. The minimum Gasteiger partial charge on any atom is -0.378 e. The standard InChI is InChI=1S/C19H21N5O/c1-2-4-14(5-3-1)17-12-25-11-15-10-23(8-9-24(15)17)19-16-6-7-20-18(16)21-13-22-19/h1-7,13,15,17H,8-12H2,(H,20,21,22)/t15-,17-/m1/s1. The van der Waals surface area contributed by atoms with Gasteiger partial charge in [0.15, 0.2) is 0 Å². The highest BCUT2D eigenvalue weighted by molar-refractivity contribution is 5.87. The van der Waals surface area contributed by atoms with Crippen molar-refractivity contribution < 1.29 is 4.74 Å². The largest absolute Gasteiger partial charge is 0.378 e. The van der Waals surface area contributed by atoms with Crippen LogP contribution in [-0.4, -0.2) is 58.7 Å². The minimum absolute atomic E-state index is 0.347. The highest BCUT2D eigenvalue weighted by Gasteiger charge is 2.37. The number of aromatic amines is 1. The first kappa shape index (κ1) is 14.9. The fraction of sp³-hybridized carbons (Fsp3) is 0.368. The molecule has 2 aliphatic rings. The van der Waals surface area contributed by atoms with E-state index in [2.05, 4.69) is 61.1 Å². The van der Waals surface area contributed by atoms with Gasteiger partial charge in [0, 0.05) is 25.8 Å². The van der Waals surface area contributed by atoms with E-state index in [1.807, 2.05) is 6.20 Å². The summed E-state index contributed by atoms with van der Waals surface area (Å²) >= 11 is 0. The van der Waals surface area contributed by atoms with Crippen LogP contribution in [0.1, 0.15) is 11.6 Å². The molecule has 0 spiro atoms. The number of H-pyrrole nitrogens is 1. The number of aromatic nitrogens is 3. The Morgan fingerprint density at radius 2 is 1.96 bits per heavy atom. The van der Waals surface area contributed by atoms with E-state index in [0.29, 0.717) is 12.1 Å². The lowest BCUT2D eigenvalue weighted by atomic mass is 10.00. The van der Waals surface area contributed by atoms with Crippen molar-refractivity contribution in [3.63, 3.8) is 0 Å². The van der Waals surface area contributed by atoms with Crippen molar-refractivity contribution in [2.24, 2.45) is 0 Å². The first-order valence-corrected chi connectivity index (χ1v) is 8.81. The van der Waals surface area contributed by atoms with Gasteiger partial charge in [-0.2, -0.15) is 0 Å². The Morgan fingerprint density at radius 1 is 1.04 bits per heavy atom. The summed E-state index contributed by atoms with van der Waals surface area (Å²) in [5.74, 6) is 1.02. The van der Waals surface area contributed by atoms with Gasteiger partial charge in [-0.15, -0.1) is 0 Å². The predicted molar refractivity (Wildman–Crippen MR) is 96.6 cm³/mol. The summed E-state index contributed by atoms with van der Waals surface area (Å²) in [5, 5.41) is 1.09. The van der Waals surface area contributed by atoms with Crippen molar-refractivity contribution >= 4 is 16.9 Å². The van der Waals surface area contributed by atoms with E-state index in [1.54, 1.807) is 6.33 Å². The van der Waals surface area contributed by atoms with Gasteiger partial charge in [0.2, 0.25) is 0 Å².